The summed E-state index contributed by atoms with van der Waals surface area (Å²) in [5.74, 6) is -0.587. The molecule has 2 N–H and O–H groups in total. The second-order valence-corrected chi connectivity index (χ2v) is 4.78. The molecule has 5 heteroatoms. The van der Waals surface area contributed by atoms with Crippen molar-refractivity contribution in [1.82, 2.24) is 5.32 Å². The van der Waals surface area contributed by atoms with Gasteiger partial charge in [-0.3, -0.25) is 4.79 Å². The summed E-state index contributed by atoms with van der Waals surface area (Å²) in [4.78, 5) is 11.7. The van der Waals surface area contributed by atoms with Crippen molar-refractivity contribution < 1.29 is 14.3 Å². The first-order chi connectivity index (χ1) is 7.54. The minimum atomic E-state index is -0.357. The van der Waals surface area contributed by atoms with Crippen LogP contribution in [0.4, 0.5) is 4.39 Å². The predicted molar refractivity (Wildman–Crippen MR) is 67.7 cm³/mol. The van der Waals surface area contributed by atoms with Crippen molar-refractivity contribution in [2.45, 2.75) is 6.92 Å². The Hall–Kier alpha value is -0.690. The summed E-state index contributed by atoms with van der Waals surface area (Å²) in [6, 6.07) is 4.02. The molecule has 1 rings (SSSR count). The molecule has 1 amide bonds. The van der Waals surface area contributed by atoms with Crippen LogP contribution < -0.4 is 5.32 Å². The number of hydrogen-bond acceptors (Lipinski definition) is 2. The summed E-state index contributed by atoms with van der Waals surface area (Å²) in [5.41, 5.74) is 0.451. The third-order valence-corrected chi connectivity index (χ3v) is 2.99. The van der Waals surface area contributed by atoms with Crippen molar-refractivity contribution in [1.29, 1.82) is 0 Å². The molecule has 88 valence electrons. The van der Waals surface area contributed by atoms with Gasteiger partial charge in [-0.2, -0.15) is 0 Å². The number of nitrogens with one attached hydrogen (secondary N) is 1. The zero-order chi connectivity index (χ0) is 12.1. The number of aliphatic hydroxyl groups excluding tert-OH is 1. The summed E-state index contributed by atoms with van der Waals surface area (Å²) in [5, 5.41) is 11.5. The Kier molecular flexibility index (Phi) is 5.14. The highest BCUT2D eigenvalue weighted by atomic mass is 127. The number of benzene rings is 1. The highest BCUT2D eigenvalue weighted by molar-refractivity contribution is 14.1. The maximum atomic E-state index is 12.8. The van der Waals surface area contributed by atoms with E-state index in [4.69, 9.17) is 5.11 Å². The van der Waals surface area contributed by atoms with Crippen LogP contribution in [0.1, 0.15) is 17.3 Å². The van der Waals surface area contributed by atoms with Gasteiger partial charge in [-0.15, -0.1) is 0 Å². The molecule has 0 radical (unpaired) electrons. The van der Waals surface area contributed by atoms with E-state index in [-0.39, 0.29) is 24.2 Å². The number of rotatable bonds is 4. The summed E-state index contributed by atoms with van der Waals surface area (Å²) in [6.45, 7) is 2.26. The molecular formula is C11H13FINO2. The molecule has 16 heavy (non-hydrogen) atoms. The molecule has 0 aliphatic rings. The first kappa shape index (κ1) is 13.4. The van der Waals surface area contributed by atoms with Gasteiger partial charge in [0.25, 0.3) is 5.91 Å². The van der Waals surface area contributed by atoms with E-state index in [2.05, 4.69) is 5.32 Å². The molecule has 3 nitrogen and oxygen atoms in total. The molecule has 0 aliphatic carbocycles. The molecule has 0 bridgehead atoms. The molecule has 1 aromatic rings. The number of halogens is 2. The molecule has 0 spiro atoms. The Balaban J connectivity index is 2.66. The SMILES string of the molecule is CC(CO)CNC(=O)c1ccc(F)cc1I. The van der Waals surface area contributed by atoms with Crippen molar-refractivity contribution in [3.8, 4) is 0 Å². The van der Waals surface area contributed by atoms with Gasteiger partial charge >= 0.3 is 0 Å². The number of carbonyl (C=O) groups is 1. The number of hydrogen-bond donors (Lipinski definition) is 2. The van der Waals surface area contributed by atoms with Crippen LogP contribution in [-0.2, 0) is 0 Å². The molecular weight excluding hydrogens is 324 g/mol. The smallest absolute Gasteiger partial charge is 0.252 e. The highest BCUT2D eigenvalue weighted by Gasteiger charge is 2.11. The standard InChI is InChI=1S/C11H13FINO2/c1-7(6-15)5-14-11(16)9-3-2-8(12)4-10(9)13/h2-4,7,15H,5-6H2,1H3,(H,14,16). The quantitative estimate of drug-likeness (QED) is 0.823. The van der Waals surface area contributed by atoms with Crippen LogP contribution in [0.2, 0.25) is 0 Å². The first-order valence-electron chi connectivity index (χ1n) is 4.88. The van der Waals surface area contributed by atoms with E-state index in [1.54, 1.807) is 0 Å². The molecule has 1 unspecified atom stereocenters. The fourth-order valence-corrected chi connectivity index (χ4v) is 1.82. The molecule has 0 fully saturated rings. The van der Waals surface area contributed by atoms with Crippen LogP contribution in [0, 0.1) is 15.3 Å². The van der Waals surface area contributed by atoms with Crippen molar-refractivity contribution in [2.75, 3.05) is 13.2 Å². The number of amides is 1. The molecule has 0 aliphatic heterocycles. The molecule has 0 aromatic heterocycles. The van der Waals surface area contributed by atoms with E-state index in [1.165, 1.54) is 18.2 Å². The average Bonchev–Trinajstić information content (AvgIpc) is 2.25. The summed E-state index contributed by atoms with van der Waals surface area (Å²) < 4.78 is 13.4. The summed E-state index contributed by atoms with van der Waals surface area (Å²) in [6.07, 6.45) is 0. The molecule has 0 saturated carbocycles. The summed E-state index contributed by atoms with van der Waals surface area (Å²) >= 11 is 1.92. The van der Waals surface area contributed by atoms with E-state index in [0.717, 1.165) is 0 Å². The monoisotopic (exact) mass is 337 g/mol. The van der Waals surface area contributed by atoms with Gasteiger partial charge in [0, 0.05) is 16.7 Å². The van der Waals surface area contributed by atoms with Gasteiger partial charge < -0.3 is 10.4 Å². The van der Waals surface area contributed by atoms with Gasteiger partial charge in [-0.1, -0.05) is 6.92 Å². The highest BCUT2D eigenvalue weighted by Crippen LogP contribution is 2.13. The van der Waals surface area contributed by atoms with Crippen molar-refractivity contribution in [3.63, 3.8) is 0 Å². The molecule has 0 saturated heterocycles. The van der Waals surface area contributed by atoms with Gasteiger partial charge in [0.1, 0.15) is 5.82 Å². The third kappa shape index (κ3) is 3.71. The van der Waals surface area contributed by atoms with Gasteiger partial charge in [0.05, 0.1) is 5.56 Å². The maximum absolute atomic E-state index is 12.8. The van der Waals surface area contributed by atoms with Crippen LogP contribution in [0.25, 0.3) is 0 Å². The van der Waals surface area contributed by atoms with Crippen LogP contribution in [0.5, 0.6) is 0 Å². The minimum Gasteiger partial charge on any atom is -0.396 e. The second kappa shape index (κ2) is 6.15. The lowest BCUT2D eigenvalue weighted by Gasteiger charge is -2.10. The van der Waals surface area contributed by atoms with E-state index >= 15 is 0 Å². The normalized spacial score (nSPS) is 12.2. The Labute approximate surface area is 107 Å². The van der Waals surface area contributed by atoms with Crippen LogP contribution in [0.15, 0.2) is 18.2 Å². The van der Waals surface area contributed by atoms with Crippen molar-refractivity contribution in [2.24, 2.45) is 5.92 Å². The zero-order valence-corrected chi connectivity index (χ0v) is 11.0. The van der Waals surface area contributed by atoms with Gasteiger partial charge in [-0.25, -0.2) is 4.39 Å². The Bertz CT molecular complexity index is 384. The second-order valence-electron chi connectivity index (χ2n) is 3.62. The van der Waals surface area contributed by atoms with Gasteiger partial charge in [-0.05, 0) is 46.7 Å². The maximum Gasteiger partial charge on any atom is 0.252 e. The van der Waals surface area contributed by atoms with E-state index in [9.17, 15) is 9.18 Å². The Morgan fingerprint density at radius 3 is 2.88 bits per heavy atom. The minimum absolute atomic E-state index is 0.0158. The van der Waals surface area contributed by atoms with E-state index in [0.29, 0.717) is 15.7 Å². The van der Waals surface area contributed by atoms with Crippen LogP contribution >= 0.6 is 22.6 Å². The Morgan fingerprint density at radius 1 is 1.62 bits per heavy atom. The molecule has 1 atom stereocenters. The lowest BCUT2D eigenvalue weighted by molar-refractivity contribution is 0.0941. The number of aliphatic hydroxyl groups is 1. The van der Waals surface area contributed by atoms with E-state index in [1.807, 2.05) is 29.5 Å². The van der Waals surface area contributed by atoms with Gasteiger partial charge in [0.2, 0.25) is 0 Å². The third-order valence-electron chi connectivity index (χ3n) is 2.10. The van der Waals surface area contributed by atoms with Gasteiger partial charge in [0.15, 0.2) is 0 Å². The van der Waals surface area contributed by atoms with Crippen LogP contribution in [0.3, 0.4) is 0 Å². The number of carbonyl (C=O) groups excluding carboxylic acids is 1. The predicted octanol–water partition coefficient (Wildman–Crippen LogP) is 1.79. The van der Waals surface area contributed by atoms with Crippen LogP contribution in [-0.4, -0.2) is 24.2 Å². The average molecular weight is 337 g/mol. The van der Waals surface area contributed by atoms with Crippen molar-refractivity contribution in [3.05, 3.63) is 33.1 Å². The lowest BCUT2D eigenvalue weighted by atomic mass is 10.1. The van der Waals surface area contributed by atoms with E-state index < -0.39 is 0 Å². The Morgan fingerprint density at radius 2 is 2.31 bits per heavy atom. The zero-order valence-electron chi connectivity index (χ0n) is 8.84. The summed E-state index contributed by atoms with van der Waals surface area (Å²) in [7, 11) is 0. The lowest BCUT2D eigenvalue weighted by Crippen LogP contribution is -2.30. The molecule has 1 aromatic carbocycles. The van der Waals surface area contributed by atoms with Crippen molar-refractivity contribution >= 4 is 28.5 Å². The largest absolute Gasteiger partial charge is 0.396 e. The fraction of sp³-hybridized carbons (Fsp3) is 0.364. The topological polar surface area (TPSA) is 49.3 Å². The fourth-order valence-electron chi connectivity index (χ4n) is 1.10. The molecule has 0 heterocycles. The first-order valence-corrected chi connectivity index (χ1v) is 5.96.